The maximum absolute atomic E-state index is 13.4. The minimum absolute atomic E-state index is 0.0469. The molecule has 2 heterocycles. The summed E-state index contributed by atoms with van der Waals surface area (Å²) in [4.78, 5) is 28.0. The van der Waals surface area contributed by atoms with Gasteiger partial charge in [-0.05, 0) is 67.3 Å². The average molecular weight is 450 g/mol. The Morgan fingerprint density at radius 1 is 1.03 bits per heavy atom. The first-order valence-corrected chi connectivity index (χ1v) is 11.2. The lowest BCUT2D eigenvalue weighted by Gasteiger charge is -2.31. The molecule has 2 aromatic carbocycles. The van der Waals surface area contributed by atoms with Crippen molar-refractivity contribution in [3.8, 4) is 11.4 Å². The summed E-state index contributed by atoms with van der Waals surface area (Å²) in [5, 5.41) is 4.43. The Labute approximate surface area is 193 Å². The van der Waals surface area contributed by atoms with Gasteiger partial charge < -0.3 is 9.64 Å². The standard InChI is InChI=1S/C26H28FN3O3/c1-17(2)24-23(16-28-30(24)21-8-6-20(27)7-9-21)26(32)29-14-12-19(13-15-29)25(31)18-4-10-22(33-3)11-5-18/h4-11,16-17,19H,12-15H2,1-3H3. The third-order valence-electron chi connectivity index (χ3n) is 6.18. The van der Waals surface area contributed by atoms with Gasteiger partial charge in [0.25, 0.3) is 5.91 Å². The van der Waals surface area contributed by atoms with E-state index in [0.717, 1.165) is 5.69 Å². The fourth-order valence-electron chi connectivity index (χ4n) is 4.37. The summed E-state index contributed by atoms with van der Waals surface area (Å²) in [5.41, 5.74) is 2.73. The van der Waals surface area contributed by atoms with Crippen LogP contribution >= 0.6 is 0 Å². The van der Waals surface area contributed by atoms with Crippen molar-refractivity contribution in [1.82, 2.24) is 14.7 Å². The van der Waals surface area contributed by atoms with Gasteiger partial charge in [0.1, 0.15) is 11.6 Å². The second kappa shape index (κ2) is 9.57. The van der Waals surface area contributed by atoms with Gasteiger partial charge in [-0.25, -0.2) is 9.07 Å². The average Bonchev–Trinajstić information content (AvgIpc) is 3.29. The van der Waals surface area contributed by atoms with Gasteiger partial charge in [-0.3, -0.25) is 9.59 Å². The molecule has 0 aliphatic carbocycles. The molecule has 0 N–H and O–H groups in total. The zero-order valence-electron chi connectivity index (χ0n) is 19.1. The molecule has 0 spiro atoms. The molecule has 4 rings (SSSR count). The number of Topliss-reactive ketones (excluding diaryl/α,β-unsaturated/α-hetero) is 1. The van der Waals surface area contributed by atoms with Crippen LogP contribution in [0.5, 0.6) is 5.75 Å². The number of rotatable bonds is 6. The topological polar surface area (TPSA) is 64.4 Å². The molecular weight excluding hydrogens is 421 g/mol. The van der Waals surface area contributed by atoms with Crippen LogP contribution in [-0.2, 0) is 0 Å². The molecular formula is C26H28FN3O3. The molecule has 3 aromatic rings. The highest BCUT2D eigenvalue weighted by atomic mass is 19.1. The van der Waals surface area contributed by atoms with Gasteiger partial charge in [-0.15, -0.1) is 0 Å². The van der Waals surface area contributed by atoms with E-state index in [1.807, 2.05) is 13.8 Å². The van der Waals surface area contributed by atoms with Crippen LogP contribution in [0.1, 0.15) is 59.0 Å². The molecule has 33 heavy (non-hydrogen) atoms. The summed E-state index contributed by atoms with van der Waals surface area (Å²) >= 11 is 0. The Bertz CT molecular complexity index is 1130. The van der Waals surface area contributed by atoms with Crippen molar-refractivity contribution in [2.24, 2.45) is 5.92 Å². The van der Waals surface area contributed by atoms with Crippen molar-refractivity contribution in [3.05, 3.63) is 77.4 Å². The summed E-state index contributed by atoms with van der Waals surface area (Å²) in [6.45, 7) is 5.05. The molecule has 0 bridgehead atoms. The minimum atomic E-state index is -0.319. The zero-order chi connectivity index (χ0) is 23.5. The van der Waals surface area contributed by atoms with Crippen molar-refractivity contribution >= 4 is 11.7 Å². The molecule has 172 valence electrons. The number of ether oxygens (including phenoxy) is 1. The minimum Gasteiger partial charge on any atom is -0.497 e. The Kier molecular flexibility index (Phi) is 6.58. The van der Waals surface area contributed by atoms with E-state index in [9.17, 15) is 14.0 Å². The van der Waals surface area contributed by atoms with Crippen LogP contribution in [-0.4, -0.2) is 46.6 Å². The van der Waals surface area contributed by atoms with E-state index in [1.165, 1.54) is 12.1 Å². The second-order valence-corrected chi connectivity index (χ2v) is 8.65. The molecule has 1 aliphatic heterocycles. The number of aromatic nitrogens is 2. The van der Waals surface area contributed by atoms with E-state index in [4.69, 9.17) is 4.74 Å². The van der Waals surface area contributed by atoms with E-state index in [2.05, 4.69) is 5.10 Å². The Morgan fingerprint density at radius 2 is 1.67 bits per heavy atom. The SMILES string of the molecule is COc1ccc(C(=O)C2CCN(C(=O)c3cnn(-c4ccc(F)cc4)c3C(C)C)CC2)cc1. The number of carbonyl (C=O) groups excluding carboxylic acids is 2. The molecule has 0 radical (unpaired) electrons. The summed E-state index contributed by atoms with van der Waals surface area (Å²) in [6, 6.07) is 13.2. The first-order valence-electron chi connectivity index (χ1n) is 11.2. The third-order valence-corrected chi connectivity index (χ3v) is 6.18. The van der Waals surface area contributed by atoms with Crippen LogP contribution in [0.3, 0.4) is 0 Å². The third kappa shape index (κ3) is 4.67. The Hall–Kier alpha value is -3.48. The molecule has 1 amide bonds. The highest BCUT2D eigenvalue weighted by Crippen LogP contribution is 2.28. The van der Waals surface area contributed by atoms with Crippen LogP contribution in [0.25, 0.3) is 5.69 Å². The Morgan fingerprint density at radius 3 is 2.24 bits per heavy atom. The lowest BCUT2D eigenvalue weighted by atomic mass is 9.88. The summed E-state index contributed by atoms with van der Waals surface area (Å²) < 4.78 is 20.2. The number of ketones is 1. The first-order chi connectivity index (χ1) is 15.9. The van der Waals surface area contributed by atoms with Crippen molar-refractivity contribution < 1.29 is 18.7 Å². The fraction of sp³-hybridized carbons (Fsp3) is 0.346. The van der Waals surface area contributed by atoms with Gasteiger partial charge in [-0.1, -0.05) is 13.8 Å². The van der Waals surface area contributed by atoms with E-state index < -0.39 is 0 Å². The number of hydrogen-bond donors (Lipinski definition) is 0. The second-order valence-electron chi connectivity index (χ2n) is 8.65. The number of nitrogens with zero attached hydrogens (tertiary/aromatic N) is 3. The number of benzene rings is 2. The van der Waals surface area contributed by atoms with Crippen LogP contribution in [0, 0.1) is 11.7 Å². The quantitative estimate of drug-likeness (QED) is 0.503. The van der Waals surface area contributed by atoms with Crippen molar-refractivity contribution in [3.63, 3.8) is 0 Å². The number of carbonyl (C=O) groups is 2. The largest absolute Gasteiger partial charge is 0.497 e. The van der Waals surface area contributed by atoms with Crippen molar-refractivity contribution in [2.75, 3.05) is 20.2 Å². The molecule has 7 heteroatoms. The highest BCUT2D eigenvalue weighted by molar-refractivity contribution is 5.99. The van der Waals surface area contributed by atoms with E-state index in [-0.39, 0.29) is 29.3 Å². The van der Waals surface area contributed by atoms with Gasteiger partial charge in [-0.2, -0.15) is 5.10 Å². The fourth-order valence-corrected chi connectivity index (χ4v) is 4.37. The molecule has 0 atom stereocenters. The van der Waals surface area contributed by atoms with Gasteiger partial charge >= 0.3 is 0 Å². The Balaban J connectivity index is 1.47. The van der Waals surface area contributed by atoms with E-state index >= 15 is 0 Å². The van der Waals surface area contributed by atoms with Crippen LogP contribution < -0.4 is 4.74 Å². The number of likely N-dealkylation sites (tertiary alicyclic amines) is 1. The van der Waals surface area contributed by atoms with Crippen molar-refractivity contribution in [1.29, 1.82) is 0 Å². The molecule has 1 saturated heterocycles. The highest BCUT2D eigenvalue weighted by Gasteiger charge is 2.31. The number of halogens is 1. The van der Waals surface area contributed by atoms with Gasteiger partial charge in [0.05, 0.1) is 30.3 Å². The lowest BCUT2D eigenvalue weighted by Crippen LogP contribution is -2.40. The van der Waals surface area contributed by atoms with Crippen LogP contribution in [0.15, 0.2) is 54.7 Å². The predicted molar refractivity (Wildman–Crippen MR) is 124 cm³/mol. The number of amides is 1. The maximum Gasteiger partial charge on any atom is 0.257 e. The van der Waals surface area contributed by atoms with Gasteiger partial charge in [0.2, 0.25) is 0 Å². The molecule has 6 nitrogen and oxygen atoms in total. The number of piperidine rings is 1. The zero-order valence-corrected chi connectivity index (χ0v) is 19.1. The van der Waals surface area contributed by atoms with E-state index in [1.54, 1.807) is 59.3 Å². The summed E-state index contributed by atoms with van der Waals surface area (Å²) in [7, 11) is 1.59. The smallest absolute Gasteiger partial charge is 0.257 e. The van der Waals surface area contributed by atoms with Crippen LogP contribution in [0.2, 0.25) is 0 Å². The molecule has 1 aromatic heterocycles. The molecule has 0 unspecified atom stereocenters. The molecule has 0 saturated carbocycles. The summed E-state index contributed by atoms with van der Waals surface area (Å²) in [5.74, 6) is 0.369. The number of methoxy groups -OCH3 is 1. The predicted octanol–water partition coefficient (Wildman–Crippen LogP) is 4.88. The molecule has 1 fully saturated rings. The lowest BCUT2D eigenvalue weighted by molar-refractivity contribution is 0.0649. The first kappa shape index (κ1) is 22.7. The van der Waals surface area contributed by atoms with Crippen LogP contribution in [0.4, 0.5) is 4.39 Å². The van der Waals surface area contributed by atoms with E-state index in [0.29, 0.717) is 48.5 Å². The monoisotopic (exact) mass is 449 g/mol. The van der Waals surface area contributed by atoms with Gasteiger partial charge in [0.15, 0.2) is 5.78 Å². The summed E-state index contributed by atoms with van der Waals surface area (Å²) in [6.07, 6.45) is 2.84. The van der Waals surface area contributed by atoms with Crippen molar-refractivity contribution in [2.45, 2.75) is 32.6 Å². The maximum atomic E-state index is 13.4. The normalized spacial score (nSPS) is 14.5. The van der Waals surface area contributed by atoms with Gasteiger partial charge in [0, 0.05) is 24.6 Å². The molecule has 1 aliphatic rings. The number of hydrogen-bond acceptors (Lipinski definition) is 4.